The average molecular weight is 288 g/mol. The number of benzene rings is 1. The third-order valence-corrected chi connectivity index (χ3v) is 3.95. The summed E-state index contributed by atoms with van der Waals surface area (Å²) >= 11 is 0. The summed E-state index contributed by atoms with van der Waals surface area (Å²) in [7, 11) is 0. The highest BCUT2D eigenvalue weighted by molar-refractivity contribution is 5.80. The Kier molecular flexibility index (Phi) is 2.92. The van der Waals surface area contributed by atoms with Gasteiger partial charge in [0, 0.05) is 38.3 Å². The van der Waals surface area contributed by atoms with E-state index in [1.54, 1.807) is 4.90 Å². The van der Waals surface area contributed by atoms with E-state index in [1.807, 2.05) is 12.1 Å². The lowest BCUT2D eigenvalue weighted by Crippen LogP contribution is -2.45. The Hall–Kier alpha value is -2.28. The number of carbonyl (C=O) groups is 1. The average Bonchev–Trinajstić information content (AvgIpc) is 3.10. The fourth-order valence-electron chi connectivity index (χ4n) is 2.77. The molecular weight excluding hydrogens is 272 g/mol. The van der Waals surface area contributed by atoms with Crippen molar-refractivity contribution >= 4 is 17.4 Å². The molecule has 1 saturated heterocycles. The number of amides is 1. The largest absolute Gasteiger partial charge is 0.454 e. The number of imidazole rings is 1. The number of aromatic amines is 1. The second kappa shape index (κ2) is 4.92. The molecule has 0 saturated carbocycles. The van der Waals surface area contributed by atoms with Crippen LogP contribution in [0.4, 0.5) is 0 Å². The highest BCUT2D eigenvalue weighted by Crippen LogP contribution is 2.35. The van der Waals surface area contributed by atoms with Crippen LogP contribution in [0.2, 0.25) is 0 Å². The minimum Gasteiger partial charge on any atom is -0.454 e. The Bertz CT molecular complexity index is 635. The summed E-state index contributed by atoms with van der Waals surface area (Å²) in [5, 5.41) is 0. The van der Waals surface area contributed by atoms with Crippen LogP contribution in [0.3, 0.4) is 0 Å². The van der Waals surface area contributed by atoms with E-state index < -0.39 is 0 Å². The van der Waals surface area contributed by atoms with E-state index in [0.29, 0.717) is 0 Å². The maximum absolute atomic E-state index is 10.7. The van der Waals surface area contributed by atoms with Gasteiger partial charge in [0.1, 0.15) is 5.82 Å². The van der Waals surface area contributed by atoms with Crippen LogP contribution in [0.15, 0.2) is 12.1 Å². The fraction of sp³-hybridized carbons (Fsp3) is 0.429. The second-order valence-electron chi connectivity index (χ2n) is 5.32. The molecule has 0 unspecified atom stereocenters. The molecule has 1 aromatic carbocycles. The number of nitrogens with zero attached hydrogens (tertiary/aromatic N) is 3. The molecule has 1 amide bonds. The van der Waals surface area contributed by atoms with Crippen LogP contribution in [0.5, 0.6) is 11.5 Å². The van der Waals surface area contributed by atoms with Crippen molar-refractivity contribution in [1.29, 1.82) is 0 Å². The Morgan fingerprint density at radius 1 is 1.19 bits per heavy atom. The van der Waals surface area contributed by atoms with Crippen LogP contribution >= 0.6 is 0 Å². The first-order valence-electron chi connectivity index (χ1n) is 7.02. The molecule has 2 aliphatic rings. The van der Waals surface area contributed by atoms with E-state index in [9.17, 15) is 4.79 Å². The standard InChI is InChI=1S/C14H16N4O3/c19-8-18-3-1-17(2-4-18)7-14-15-10-5-12-13(21-9-20-12)6-11(10)16-14/h5-6,8H,1-4,7,9H2,(H,15,16). The molecule has 0 bridgehead atoms. The van der Waals surface area contributed by atoms with E-state index in [0.717, 1.165) is 67.5 Å². The SMILES string of the molecule is O=CN1CCN(Cc2nc3cc4c(cc3[nH]2)OCO4)CC1. The molecule has 1 N–H and O–H groups in total. The van der Waals surface area contributed by atoms with Gasteiger partial charge >= 0.3 is 0 Å². The lowest BCUT2D eigenvalue weighted by atomic mass is 10.3. The number of fused-ring (bicyclic) bond motifs is 2. The minimum absolute atomic E-state index is 0.274. The molecule has 21 heavy (non-hydrogen) atoms. The van der Waals surface area contributed by atoms with Gasteiger partial charge in [-0.2, -0.15) is 0 Å². The van der Waals surface area contributed by atoms with Gasteiger partial charge in [-0.15, -0.1) is 0 Å². The van der Waals surface area contributed by atoms with Crippen LogP contribution in [-0.4, -0.2) is 59.1 Å². The van der Waals surface area contributed by atoms with Crippen LogP contribution in [-0.2, 0) is 11.3 Å². The smallest absolute Gasteiger partial charge is 0.231 e. The second-order valence-corrected chi connectivity index (χ2v) is 5.32. The Labute approximate surface area is 121 Å². The first-order valence-corrected chi connectivity index (χ1v) is 7.02. The number of aromatic nitrogens is 2. The van der Waals surface area contributed by atoms with Crippen LogP contribution < -0.4 is 9.47 Å². The topological polar surface area (TPSA) is 70.7 Å². The number of rotatable bonds is 3. The molecule has 0 spiro atoms. The quantitative estimate of drug-likeness (QED) is 0.836. The Morgan fingerprint density at radius 2 is 1.95 bits per heavy atom. The molecule has 0 atom stereocenters. The molecule has 0 aliphatic carbocycles. The highest BCUT2D eigenvalue weighted by Gasteiger charge is 2.19. The van der Waals surface area contributed by atoms with Crippen molar-refractivity contribution in [2.45, 2.75) is 6.54 Å². The van der Waals surface area contributed by atoms with Gasteiger partial charge in [0.25, 0.3) is 0 Å². The number of nitrogens with one attached hydrogen (secondary N) is 1. The van der Waals surface area contributed by atoms with E-state index in [-0.39, 0.29) is 6.79 Å². The van der Waals surface area contributed by atoms with Crippen molar-refractivity contribution < 1.29 is 14.3 Å². The van der Waals surface area contributed by atoms with Gasteiger partial charge in [-0.3, -0.25) is 9.69 Å². The zero-order valence-corrected chi connectivity index (χ0v) is 11.5. The summed E-state index contributed by atoms with van der Waals surface area (Å²) in [5.41, 5.74) is 1.85. The number of hydrogen-bond acceptors (Lipinski definition) is 5. The zero-order chi connectivity index (χ0) is 14.2. The third-order valence-electron chi connectivity index (χ3n) is 3.95. The predicted molar refractivity (Wildman–Crippen MR) is 75.1 cm³/mol. The molecule has 7 heteroatoms. The van der Waals surface area contributed by atoms with Crippen molar-refractivity contribution in [1.82, 2.24) is 19.8 Å². The Morgan fingerprint density at radius 3 is 2.71 bits per heavy atom. The first-order chi connectivity index (χ1) is 10.3. The minimum atomic E-state index is 0.274. The van der Waals surface area contributed by atoms with Crippen LogP contribution in [0.25, 0.3) is 11.0 Å². The highest BCUT2D eigenvalue weighted by atomic mass is 16.7. The summed E-state index contributed by atoms with van der Waals surface area (Å²) in [6.07, 6.45) is 0.917. The molecule has 2 aromatic rings. The van der Waals surface area contributed by atoms with Gasteiger partial charge in [-0.1, -0.05) is 0 Å². The van der Waals surface area contributed by atoms with E-state index in [4.69, 9.17) is 9.47 Å². The number of H-pyrrole nitrogens is 1. The van der Waals surface area contributed by atoms with Crippen molar-refractivity contribution in [2.24, 2.45) is 0 Å². The number of hydrogen-bond donors (Lipinski definition) is 1. The van der Waals surface area contributed by atoms with E-state index >= 15 is 0 Å². The van der Waals surface area contributed by atoms with Gasteiger partial charge < -0.3 is 19.4 Å². The Balaban J connectivity index is 1.51. The summed E-state index contributed by atoms with van der Waals surface area (Å²) in [6, 6.07) is 3.83. The molecule has 1 aromatic heterocycles. The number of carbonyl (C=O) groups excluding carboxylic acids is 1. The van der Waals surface area contributed by atoms with Crippen molar-refractivity contribution in [3.63, 3.8) is 0 Å². The van der Waals surface area contributed by atoms with Gasteiger partial charge in [0.05, 0.1) is 17.6 Å². The monoisotopic (exact) mass is 288 g/mol. The van der Waals surface area contributed by atoms with Gasteiger partial charge in [-0.05, 0) is 0 Å². The summed E-state index contributed by atoms with van der Waals surface area (Å²) in [4.78, 5) is 22.7. The molecule has 110 valence electrons. The molecular formula is C14H16N4O3. The van der Waals surface area contributed by atoms with Gasteiger partial charge in [0.15, 0.2) is 11.5 Å². The molecule has 2 aliphatic heterocycles. The fourth-order valence-corrected chi connectivity index (χ4v) is 2.77. The predicted octanol–water partition coefficient (Wildman–Crippen LogP) is 0.566. The third kappa shape index (κ3) is 2.29. The van der Waals surface area contributed by atoms with Gasteiger partial charge in [0.2, 0.25) is 13.2 Å². The zero-order valence-electron chi connectivity index (χ0n) is 11.5. The van der Waals surface area contributed by atoms with E-state index in [2.05, 4.69) is 14.9 Å². The molecule has 0 radical (unpaired) electrons. The van der Waals surface area contributed by atoms with Gasteiger partial charge in [-0.25, -0.2) is 4.98 Å². The number of ether oxygens (including phenoxy) is 2. The lowest BCUT2D eigenvalue weighted by molar-refractivity contribution is -0.119. The number of piperazine rings is 1. The summed E-state index contributed by atoms with van der Waals surface area (Å²) in [5.74, 6) is 2.44. The van der Waals surface area contributed by atoms with Crippen LogP contribution in [0, 0.1) is 0 Å². The molecule has 1 fully saturated rings. The van der Waals surface area contributed by atoms with E-state index in [1.165, 1.54) is 0 Å². The normalized spacial score (nSPS) is 18.4. The lowest BCUT2D eigenvalue weighted by Gasteiger charge is -2.31. The molecule has 7 nitrogen and oxygen atoms in total. The van der Waals surface area contributed by atoms with Crippen molar-refractivity contribution in [2.75, 3.05) is 33.0 Å². The van der Waals surface area contributed by atoms with Crippen molar-refractivity contribution in [3.8, 4) is 11.5 Å². The maximum Gasteiger partial charge on any atom is 0.231 e. The summed E-state index contributed by atoms with van der Waals surface area (Å²) < 4.78 is 10.7. The molecule has 4 rings (SSSR count). The summed E-state index contributed by atoms with van der Waals surface area (Å²) in [6.45, 7) is 4.33. The van der Waals surface area contributed by atoms with Crippen molar-refractivity contribution in [3.05, 3.63) is 18.0 Å². The first kappa shape index (κ1) is 12.5. The molecule has 3 heterocycles. The van der Waals surface area contributed by atoms with Crippen LogP contribution in [0.1, 0.15) is 5.82 Å². The maximum atomic E-state index is 10.7.